The third-order valence-electron chi connectivity index (χ3n) is 3.73. The number of carboxylic acid groups (broad SMARTS) is 1. The van der Waals surface area contributed by atoms with Crippen molar-refractivity contribution in [3.05, 3.63) is 18.2 Å². The summed E-state index contributed by atoms with van der Waals surface area (Å²) >= 11 is 0. The van der Waals surface area contributed by atoms with Gasteiger partial charge in [0.05, 0.1) is 23.4 Å². The van der Waals surface area contributed by atoms with Crippen LogP contribution in [0.4, 0.5) is 0 Å². The van der Waals surface area contributed by atoms with Crippen molar-refractivity contribution in [3.8, 4) is 0 Å². The predicted octanol–water partition coefficient (Wildman–Crippen LogP) is 0.690. The van der Waals surface area contributed by atoms with E-state index in [4.69, 9.17) is 5.11 Å². The minimum atomic E-state index is -3.48. The highest BCUT2D eigenvalue weighted by molar-refractivity contribution is 7.89. The molecule has 1 aliphatic heterocycles. The summed E-state index contributed by atoms with van der Waals surface area (Å²) in [6.07, 6.45) is 1.70. The fraction of sp³-hybridized carbons (Fsp3) is 0.462. The van der Waals surface area contributed by atoms with Gasteiger partial charge in [-0.25, -0.2) is 13.1 Å². The Balaban J connectivity index is 1.92. The SMILES string of the molecule is O=C(O)CCn1nnc2cc(S(=O)(=O)N3CCCC3)ccc21. The third-order valence-corrected chi connectivity index (χ3v) is 5.62. The van der Waals surface area contributed by atoms with E-state index >= 15 is 0 Å². The van der Waals surface area contributed by atoms with Gasteiger partial charge in [-0.1, -0.05) is 5.21 Å². The monoisotopic (exact) mass is 324 g/mol. The third kappa shape index (κ3) is 2.69. The first-order valence-electron chi connectivity index (χ1n) is 7.04. The zero-order valence-corrected chi connectivity index (χ0v) is 12.7. The summed E-state index contributed by atoms with van der Waals surface area (Å²) in [6.45, 7) is 1.29. The second kappa shape index (κ2) is 5.65. The molecule has 1 fully saturated rings. The molecule has 2 aromatic rings. The first-order valence-corrected chi connectivity index (χ1v) is 8.48. The number of fused-ring (bicyclic) bond motifs is 1. The Morgan fingerprint density at radius 3 is 2.68 bits per heavy atom. The standard InChI is InChI=1S/C13H16N4O4S/c18-13(19)5-8-17-12-4-3-10(9-11(12)14-15-17)22(20,21)16-6-1-2-7-16/h3-4,9H,1-2,5-8H2,(H,18,19). The molecule has 0 saturated carbocycles. The number of hydrogen-bond donors (Lipinski definition) is 1. The number of aromatic nitrogens is 3. The molecule has 0 aliphatic carbocycles. The van der Waals surface area contributed by atoms with E-state index < -0.39 is 16.0 Å². The number of rotatable bonds is 5. The number of aryl methyl sites for hydroxylation is 1. The van der Waals surface area contributed by atoms with Crippen LogP contribution in [-0.4, -0.2) is 51.9 Å². The van der Waals surface area contributed by atoms with Crippen molar-refractivity contribution in [3.63, 3.8) is 0 Å². The van der Waals surface area contributed by atoms with E-state index in [0.29, 0.717) is 24.1 Å². The minimum Gasteiger partial charge on any atom is -0.481 e. The zero-order valence-electron chi connectivity index (χ0n) is 11.8. The van der Waals surface area contributed by atoms with E-state index in [0.717, 1.165) is 12.8 Å². The molecule has 9 heteroatoms. The maximum Gasteiger partial charge on any atom is 0.305 e. The van der Waals surface area contributed by atoms with Gasteiger partial charge in [0.15, 0.2) is 0 Å². The lowest BCUT2D eigenvalue weighted by molar-refractivity contribution is -0.137. The summed E-state index contributed by atoms with van der Waals surface area (Å²) < 4.78 is 27.9. The molecule has 1 aromatic carbocycles. The number of hydrogen-bond acceptors (Lipinski definition) is 5. The lowest BCUT2D eigenvalue weighted by Crippen LogP contribution is -2.27. The maximum absolute atomic E-state index is 12.5. The summed E-state index contributed by atoms with van der Waals surface area (Å²) in [5, 5.41) is 16.5. The highest BCUT2D eigenvalue weighted by Crippen LogP contribution is 2.23. The lowest BCUT2D eigenvalue weighted by Gasteiger charge is -2.15. The van der Waals surface area contributed by atoms with E-state index in [9.17, 15) is 13.2 Å². The number of carboxylic acids is 1. The molecule has 0 atom stereocenters. The second-order valence-corrected chi connectivity index (χ2v) is 7.16. The summed E-state index contributed by atoms with van der Waals surface area (Å²) in [5.74, 6) is -0.920. The Hall–Kier alpha value is -2.00. The van der Waals surface area contributed by atoms with Crippen LogP contribution in [0.1, 0.15) is 19.3 Å². The number of aliphatic carboxylic acids is 1. The molecule has 0 amide bonds. The first-order chi connectivity index (χ1) is 10.5. The Labute approximate surface area is 127 Å². The molecule has 0 bridgehead atoms. The summed E-state index contributed by atoms with van der Waals surface area (Å²) in [4.78, 5) is 10.8. The highest BCUT2D eigenvalue weighted by atomic mass is 32.2. The molecule has 0 spiro atoms. The van der Waals surface area contributed by atoms with Crippen LogP contribution < -0.4 is 0 Å². The van der Waals surface area contributed by atoms with Crippen LogP contribution in [-0.2, 0) is 21.4 Å². The number of sulfonamides is 1. The number of carbonyl (C=O) groups is 1. The van der Waals surface area contributed by atoms with Crippen molar-refractivity contribution in [2.24, 2.45) is 0 Å². The molecule has 1 aromatic heterocycles. The minimum absolute atomic E-state index is 0.0632. The van der Waals surface area contributed by atoms with Crippen LogP contribution in [0.3, 0.4) is 0 Å². The van der Waals surface area contributed by atoms with Crippen LogP contribution in [0, 0.1) is 0 Å². The molecule has 3 rings (SSSR count). The number of nitrogens with zero attached hydrogens (tertiary/aromatic N) is 4. The first kappa shape index (κ1) is 14.9. The zero-order chi connectivity index (χ0) is 15.7. The van der Waals surface area contributed by atoms with Crippen molar-refractivity contribution in [2.75, 3.05) is 13.1 Å². The second-order valence-electron chi connectivity index (χ2n) is 5.22. The fourth-order valence-electron chi connectivity index (χ4n) is 2.56. The summed E-state index contributed by atoms with van der Waals surface area (Å²) in [5.41, 5.74) is 1.08. The van der Waals surface area contributed by atoms with Gasteiger partial charge in [0, 0.05) is 13.1 Å². The van der Waals surface area contributed by atoms with Gasteiger partial charge in [-0.05, 0) is 31.0 Å². The predicted molar refractivity (Wildman–Crippen MR) is 77.8 cm³/mol. The summed E-state index contributed by atoms with van der Waals surface area (Å²) in [6, 6.07) is 4.64. The molecule has 8 nitrogen and oxygen atoms in total. The highest BCUT2D eigenvalue weighted by Gasteiger charge is 2.27. The lowest BCUT2D eigenvalue weighted by atomic mass is 10.3. The molecule has 2 heterocycles. The molecule has 1 N–H and O–H groups in total. The smallest absolute Gasteiger partial charge is 0.305 e. The Morgan fingerprint density at radius 1 is 1.27 bits per heavy atom. The average Bonchev–Trinajstić information content (AvgIpc) is 3.14. The van der Waals surface area contributed by atoms with Crippen LogP contribution >= 0.6 is 0 Å². The normalized spacial score (nSPS) is 16.4. The quantitative estimate of drug-likeness (QED) is 0.867. The topological polar surface area (TPSA) is 105 Å². The average molecular weight is 324 g/mol. The van der Waals surface area contributed by atoms with Crippen LogP contribution in [0.15, 0.2) is 23.1 Å². The van der Waals surface area contributed by atoms with Gasteiger partial charge in [-0.15, -0.1) is 5.10 Å². The summed E-state index contributed by atoms with van der Waals surface area (Å²) in [7, 11) is -3.48. The van der Waals surface area contributed by atoms with Crippen molar-refractivity contribution < 1.29 is 18.3 Å². The van der Waals surface area contributed by atoms with Crippen molar-refractivity contribution in [1.82, 2.24) is 19.3 Å². The molecule has 0 radical (unpaired) electrons. The molecule has 0 unspecified atom stereocenters. The molecule has 118 valence electrons. The van der Waals surface area contributed by atoms with E-state index in [2.05, 4.69) is 10.3 Å². The van der Waals surface area contributed by atoms with E-state index in [1.54, 1.807) is 6.07 Å². The van der Waals surface area contributed by atoms with Crippen molar-refractivity contribution >= 4 is 27.0 Å². The van der Waals surface area contributed by atoms with Gasteiger partial charge in [0.25, 0.3) is 0 Å². The van der Waals surface area contributed by atoms with Gasteiger partial charge < -0.3 is 5.11 Å². The maximum atomic E-state index is 12.5. The van der Waals surface area contributed by atoms with Crippen LogP contribution in [0.5, 0.6) is 0 Å². The van der Waals surface area contributed by atoms with Crippen LogP contribution in [0.25, 0.3) is 11.0 Å². The van der Waals surface area contributed by atoms with E-state index in [1.165, 1.54) is 21.1 Å². The van der Waals surface area contributed by atoms with Crippen molar-refractivity contribution in [2.45, 2.75) is 30.7 Å². The van der Waals surface area contributed by atoms with Gasteiger partial charge in [-0.2, -0.15) is 4.31 Å². The molecular formula is C13H16N4O4S. The number of benzene rings is 1. The Bertz CT molecular complexity index is 809. The van der Waals surface area contributed by atoms with E-state index in [-0.39, 0.29) is 17.9 Å². The molecule has 1 saturated heterocycles. The Morgan fingerprint density at radius 2 is 2.00 bits per heavy atom. The molecule has 1 aliphatic rings. The fourth-order valence-corrected chi connectivity index (χ4v) is 4.09. The largest absolute Gasteiger partial charge is 0.481 e. The van der Waals surface area contributed by atoms with E-state index in [1.807, 2.05) is 0 Å². The molecular weight excluding hydrogens is 308 g/mol. The van der Waals surface area contributed by atoms with Gasteiger partial charge in [0.2, 0.25) is 10.0 Å². The van der Waals surface area contributed by atoms with Gasteiger partial charge in [0.1, 0.15) is 5.52 Å². The van der Waals surface area contributed by atoms with Gasteiger partial charge >= 0.3 is 5.97 Å². The van der Waals surface area contributed by atoms with Crippen LogP contribution in [0.2, 0.25) is 0 Å². The Kier molecular flexibility index (Phi) is 3.83. The molecule has 22 heavy (non-hydrogen) atoms. The van der Waals surface area contributed by atoms with Crippen molar-refractivity contribution in [1.29, 1.82) is 0 Å². The van der Waals surface area contributed by atoms with Gasteiger partial charge in [-0.3, -0.25) is 4.79 Å².